The van der Waals surface area contributed by atoms with Crippen LogP contribution in [0.1, 0.15) is 41.8 Å². The Morgan fingerprint density at radius 3 is 1.50 bits per heavy atom. The van der Waals surface area contributed by atoms with Crippen LogP contribution in [-0.4, -0.2) is 22.8 Å². The zero-order valence-corrected chi connectivity index (χ0v) is 51.4. The quantitative estimate of drug-likeness (QED) is 0.460. The maximum absolute atomic E-state index is 6.33. The summed E-state index contributed by atoms with van der Waals surface area (Å²) in [7, 11) is 50.9. The van der Waals surface area contributed by atoms with Crippen LogP contribution in [0.15, 0.2) is 18.5 Å². The summed E-state index contributed by atoms with van der Waals surface area (Å²) in [6.45, 7) is 3.01. The van der Waals surface area contributed by atoms with E-state index in [1.165, 1.54) is 33.8 Å². The zero-order valence-electron chi connectivity index (χ0n) is 24.5. The van der Waals surface area contributed by atoms with Crippen molar-refractivity contribution in [1.82, 2.24) is 15.5 Å². The molecule has 1 spiro atoms. The van der Waals surface area contributed by atoms with Crippen LogP contribution in [0.2, 0.25) is 4.34 Å². The molecular formula is C15H18ClN3OS32. The van der Waals surface area contributed by atoms with Crippen LogP contribution in [0, 0.1) is 0 Å². The number of rotatable bonds is 1. The number of nitrogens with zero attached hydrogens (tertiary/aromatic N) is 1. The first-order valence-corrected chi connectivity index (χ1v) is 53.5. The number of hydrogen-bond donors (Lipinski definition) is 2. The summed E-state index contributed by atoms with van der Waals surface area (Å²) in [4.78, 5) is 1.33. The smallest absolute Gasteiger partial charge is 0.106 e. The highest BCUT2D eigenvalue weighted by Gasteiger charge is 2.46. The summed E-state index contributed by atoms with van der Waals surface area (Å²) in [6.07, 6.45) is 6.76. The van der Waals surface area contributed by atoms with Gasteiger partial charge in [0.15, 0.2) is 0 Å². The van der Waals surface area contributed by atoms with Crippen LogP contribution in [-0.2, 0) is 297 Å². The van der Waals surface area contributed by atoms with Gasteiger partial charge in [-0.25, -0.2) is 0 Å². The number of hydrogen-bond acceptors (Lipinski definition) is 6. The third-order valence-corrected chi connectivity index (χ3v) is 69.0. The molecule has 2 aliphatic rings. The van der Waals surface area contributed by atoms with Gasteiger partial charge in [0.25, 0.3) is 0 Å². The Morgan fingerprint density at radius 1 is 0.692 bits per heavy atom. The van der Waals surface area contributed by atoms with Crippen molar-refractivity contribution in [2.24, 2.45) is 0 Å². The van der Waals surface area contributed by atoms with Crippen molar-refractivity contribution < 1.29 is 4.74 Å². The number of ether oxygens (including phenoxy) is 1. The topological polar surface area (TPSA) is 49.9 Å². The molecule has 1 fully saturated rings. The third kappa shape index (κ3) is 24.0. The van der Waals surface area contributed by atoms with Crippen LogP contribution in [0.25, 0.3) is 0 Å². The zero-order chi connectivity index (χ0) is 37.0. The van der Waals surface area contributed by atoms with Crippen LogP contribution < -0.4 is 5.32 Å². The molecule has 2 aromatic rings. The van der Waals surface area contributed by atoms with E-state index in [-0.39, 0.29) is 11.6 Å². The Hall–Kier alpha value is 5.94. The number of fused-ring (bicyclic) bond motifs is 2. The molecule has 1 saturated heterocycles. The lowest BCUT2D eigenvalue weighted by atomic mass is 9.78. The highest BCUT2D eigenvalue weighted by molar-refractivity contribution is 8.80. The lowest BCUT2D eigenvalue weighted by Gasteiger charge is -2.46. The molecule has 0 bridgehead atoms. The van der Waals surface area contributed by atoms with E-state index in [0.717, 1.165) is 30.2 Å². The molecule has 2 N–H and O–H groups in total. The van der Waals surface area contributed by atoms with E-state index in [1.54, 1.807) is 118 Å². The predicted molar refractivity (Wildman–Crippen MR) is 312 cm³/mol. The van der Waals surface area contributed by atoms with Gasteiger partial charge < -0.3 is 10.1 Å². The molecule has 37 heteroatoms. The summed E-state index contributed by atoms with van der Waals surface area (Å²) in [5, 5.41) is 10.6. The van der Waals surface area contributed by atoms with Gasteiger partial charge in [-0.3, -0.25) is 5.10 Å². The molecule has 298 valence electrons. The van der Waals surface area contributed by atoms with Gasteiger partial charge in [-0.1, -0.05) is 11.6 Å². The summed E-state index contributed by atoms with van der Waals surface area (Å²) < 4.78 is 7.20. The van der Waals surface area contributed by atoms with Crippen LogP contribution in [0.4, 0.5) is 0 Å². The van der Waals surface area contributed by atoms with Gasteiger partial charge in [0.1, 0.15) is 5.60 Å². The molecular weight excluding hydrogens is 1300 g/mol. The maximum atomic E-state index is 6.33. The van der Waals surface area contributed by atoms with Crippen molar-refractivity contribution in [3.63, 3.8) is 0 Å². The molecule has 2 aliphatic heterocycles. The van der Waals surface area contributed by atoms with E-state index >= 15 is 0 Å². The first kappa shape index (κ1) is 52.3. The Bertz CT molecular complexity index is 2760. The highest BCUT2D eigenvalue weighted by Crippen LogP contribution is 2.49. The second kappa shape index (κ2) is 35.4. The molecule has 4 rings (SSSR count). The summed E-state index contributed by atoms with van der Waals surface area (Å²) in [5.74, 6) is 0. The molecule has 4 nitrogen and oxygen atoms in total. The number of H-pyrrole nitrogens is 1. The van der Waals surface area contributed by atoms with E-state index in [9.17, 15) is 0 Å². The number of piperidine rings is 1. The fourth-order valence-electron chi connectivity index (χ4n) is 4.03. The first-order chi connectivity index (χ1) is 25.6. The number of aromatic amines is 1. The molecule has 0 radical (unpaired) electrons. The molecule has 0 amide bonds. The largest absolute Gasteiger partial charge is 0.369 e. The van der Waals surface area contributed by atoms with Crippen molar-refractivity contribution in [3.05, 3.63) is 38.8 Å². The highest BCUT2D eigenvalue weighted by atomic mass is 35.5. The second-order valence-electron chi connectivity index (χ2n) is 8.03. The maximum Gasteiger partial charge on any atom is 0.106 e. The molecule has 52 heavy (non-hydrogen) atoms. The van der Waals surface area contributed by atoms with Crippen LogP contribution in [0.5, 0.6) is 0 Å². The van der Waals surface area contributed by atoms with Crippen LogP contribution >= 0.6 is 22.9 Å². The standard InChI is InChI=1S/C15H18ClN3OS.S31/c1-9-5-15(6-12(19-9)11-7-17-18-8-11)14-10(2-3-20-15)4-13(16)21-14;1-3-5-7-9-11-13-15-17-19-21-23-25-27-29-31-30-28-26-24-22-20-18-16-14-12-10-8-6-4-2/h4,7-9,12,19H,2-3,5-6H2,1H3,(H,17,18);. The second-order valence-corrected chi connectivity index (χ2v) is 61.0. The Labute approximate surface area is 403 Å². The SMILES string of the molecule is CC1CC2(CC(c3cn[nH]c3)N1)OCCc1cc(Cl)sc12.S=S=S=S=S=S=S=S=S=S=S=S=S=S=S=S=S=S=S=S=S=S=S=S=S=S=S=S=S=S=S. The lowest BCUT2D eigenvalue weighted by molar-refractivity contribution is -0.0954. The molecule has 0 aliphatic carbocycles. The lowest BCUT2D eigenvalue weighted by Crippen LogP contribution is -2.49. The molecule has 3 atom stereocenters. The molecule has 0 aromatic carbocycles. The van der Waals surface area contributed by atoms with Gasteiger partial charge >= 0.3 is 0 Å². The third-order valence-electron chi connectivity index (χ3n) is 5.30. The van der Waals surface area contributed by atoms with E-state index in [0.29, 0.717) is 6.04 Å². The van der Waals surface area contributed by atoms with Crippen molar-refractivity contribution in [2.75, 3.05) is 6.61 Å². The Morgan fingerprint density at radius 2 is 1.12 bits per heavy atom. The average molecular weight is 1320 g/mol. The monoisotopic (exact) mass is 1310 g/mol. The van der Waals surface area contributed by atoms with Gasteiger partial charge in [0, 0.05) is 315 Å². The Balaban J connectivity index is 0.000000297. The molecule has 0 saturated carbocycles. The molecule has 2 aromatic heterocycles. The van der Waals surface area contributed by atoms with Gasteiger partial charge in [0.2, 0.25) is 0 Å². The van der Waals surface area contributed by atoms with Gasteiger partial charge in [-0.2, -0.15) is 5.10 Å². The minimum Gasteiger partial charge on any atom is -0.369 e. The number of aromatic nitrogens is 2. The summed E-state index contributed by atoms with van der Waals surface area (Å²) in [5.41, 5.74) is 2.37. The average Bonchev–Trinajstić information content (AvgIpc) is 3.82. The fraction of sp³-hybridized carbons (Fsp3) is 0.533. The first-order valence-electron chi connectivity index (χ1n) is 12.3. The Kier molecular flexibility index (Phi) is 35.6. The van der Waals surface area contributed by atoms with Gasteiger partial charge in [-0.05, 0) is 31.4 Å². The van der Waals surface area contributed by atoms with E-state index in [2.05, 4.69) is 28.5 Å². The number of nitrogens with one attached hydrogen (secondary N) is 2. The van der Waals surface area contributed by atoms with Gasteiger partial charge in [-0.15, -0.1) is 11.3 Å². The number of thiophene rings is 1. The predicted octanol–water partition coefficient (Wildman–Crippen LogP) is 3.33. The van der Waals surface area contributed by atoms with Crippen LogP contribution in [0.3, 0.4) is 0 Å². The minimum atomic E-state index is -0.196. The van der Waals surface area contributed by atoms with Gasteiger partial charge in [0.05, 0.1) is 17.1 Å². The number of halogens is 1. The summed E-state index contributed by atoms with van der Waals surface area (Å²) in [6, 6.07) is 2.77. The normalized spacial score (nSPS) is 17.6. The molecule has 3 unspecified atom stereocenters. The van der Waals surface area contributed by atoms with Crippen molar-refractivity contribution >= 4 is 303 Å². The van der Waals surface area contributed by atoms with E-state index in [4.69, 9.17) is 38.7 Å². The van der Waals surface area contributed by atoms with Crippen molar-refractivity contribution in [1.29, 1.82) is 0 Å². The van der Waals surface area contributed by atoms with Crippen molar-refractivity contribution in [3.8, 4) is 0 Å². The van der Waals surface area contributed by atoms with E-state index in [1.807, 2.05) is 146 Å². The summed E-state index contributed by atoms with van der Waals surface area (Å²) >= 11 is 17.5. The van der Waals surface area contributed by atoms with Crippen molar-refractivity contribution in [2.45, 2.75) is 43.9 Å². The fourth-order valence-corrected chi connectivity index (χ4v) is 79.6. The van der Waals surface area contributed by atoms with E-state index < -0.39 is 0 Å². The minimum absolute atomic E-state index is 0.196. The molecule has 4 heterocycles.